The first-order valence-electron chi connectivity index (χ1n) is 5.86. The molecule has 0 aliphatic rings. The number of hydrogen-bond acceptors (Lipinski definition) is 2. The average Bonchev–Trinajstić information content (AvgIpc) is 2.29. The minimum Gasteiger partial charge on any atom is -0.480 e. The zero-order chi connectivity index (χ0) is 15.5. The van der Waals surface area contributed by atoms with Crippen molar-refractivity contribution in [1.82, 2.24) is 4.90 Å². The number of amides is 2. The van der Waals surface area contributed by atoms with Crippen molar-refractivity contribution in [1.29, 1.82) is 0 Å². The van der Waals surface area contributed by atoms with E-state index in [-0.39, 0.29) is 6.54 Å². The molecule has 0 aliphatic carbocycles. The van der Waals surface area contributed by atoms with Gasteiger partial charge in [0, 0.05) is 15.7 Å². The van der Waals surface area contributed by atoms with E-state index in [2.05, 4.69) is 21.2 Å². The molecule has 0 aliphatic heterocycles. The smallest absolute Gasteiger partial charge is 0.323 e. The molecule has 2 N–H and O–H groups in total. The average molecular weight is 364 g/mol. The molecule has 0 unspecified atom stereocenters. The predicted octanol–water partition coefficient (Wildman–Crippen LogP) is 3.82. The highest BCUT2D eigenvalue weighted by molar-refractivity contribution is 9.10. The molecule has 20 heavy (non-hydrogen) atoms. The van der Waals surface area contributed by atoms with E-state index in [1.54, 1.807) is 39.0 Å². The summed E-state index contributed by atoms with van der Waals surface area (Å²) in [4.78, 5) is 24.3. The number of benzene rings is 1. The van der Waals surface area contributed by atoms with Gasteiger partial charge in [-0.1, -0.05) is 11.6 Å². The number of hydrogen-bond donors (Lipinski definition) is 2. The third-order valence-corrected chi connectivity index (χ3v) is 3.75. The molecule has 0 heterocycles. The van der Waals surface area contributed by atoms with E-state index in [0.717, 1.165) is 4.47 Å². The van der Waals surface area contributed by atoms with Gasteiger partial charge in [-0.3, -0.25) is 4.79 Å². The number of carbonyl (C=O) groups excluding carboxylic acids is 1. The number of nitrogens with zero attached hydrogens (tertiary/aromatic N) is 1. The Morgan fingerprint density at radius 2 is 2.00 bits per heavy atom. The van der Waals surface area contributed by atoms with Crippen LogP contribution in [0.15, 0.2) is 22.7 Å². The number of anilines is 1. The highest BCUT2D eigenvalue weighted by Gasteiger charge is 2.28. The van der Waals surface area contributed by atoms with Gasteiger partial charge in [0.2, 0.25) is 0 Å². The second-order valence-electron chi connectivity index (χ2n) is 5.21. The number of halogens is 2. The van der Waals surface area contributed by atoms with Crippen LogP contribution in [0.3, 0.4) is 0 Å². The Bertz CT molecular complexity index is 529. The first-order valence-corrected chi connectivity index (χ1v) is 7.04. The number of carbonyl (C=O) groups is 2. The Hall–Kier alpha value is -1.27. The third-order valence-electron chi connectivity index (χ3n) is 2.52. The lowest BCUT2D eigenvalue weighted by Gasteiger charge is -2.34. The molecule has 0 spiro atoms. The summed E-state index contributed by atoms with van der Waals surface area (Å²) >= 11 is 9.20. The maximum Gasteiger partial charge on any atom is 0.323 e. The summed E-state index contributed by atoms with van der Waals surface area (Å²) in [5.41, 5.74) is -0.107. The van der Waals surface area contributed by atoms with Crippen LogP contribution in [0, 0.1) is 0 Å². The second kappa shape index (κ2) is 6.45. The van der Waals surface area contributed by atoms with Crippen LogP contribution in [0.1, 0.15) is 20.8 Å². The summed E-state index contributed by atoms with van der Waals surface area (Å²) in [5, 5.41) is 12.0. The Balaban J connectivity index is 2.90. The van der Waals surface area contributed by atoms with Gasteiger partial charge in [0.15, 0.2) is 0 Å². The number of aliphatic carboxylic acids is 1. The molecule has 0 saturated carbocycles. The summed E-state index contributed by atoms with van der Waals surface area (Å²) in [6.45, 7) is 4.93. The molecule has 7 heteroatoms. The van der Waals surface area contributed by atoms with Crippen LogP contribution in [0.5, 0.6) is 0 Å². The van der Waals surface area contributed by atoms with E-state index in [9.17, 15) is 9.59 Å². The van der Waals surface area contributed by atoms with Crippen molar-refractivity contribution in [3.05, 3.63) is 27.7 Å². The molecular formula is C13H16BrClN2O3. The van der Waals surface area contributed by atoms with Gasteiger partial charge in [0.25, 0.3) is 0 Å². The number of urea groups is 1. The Morgan fingerprint density at radius 1 is 1.40 bits per heavy atom. The minimum absolute atomic E-state index is 0.375. The monoisotopic (exact) mass is 362 g/mol. The van der Waals surface area contributed by atoms with Gasteiger partial charge < -0.3 is 15.3 Å². The standard InChI is InChI=1S/C13H16BrClN2O3/c1-13(2,3)17(7-11(18)19)12(20)16-8-4-5-9(14)10(15)6-8/h4-6H,7H2,1-3H3,(H,16,20)(H,18,19). The highest BCUT2D eigenvalue weighted by atomic mass is 79.9. The highest BCUT2D eigenvalue weighted by Crippen LogP contribution is 2.26. The van der Waals surface area contributed by atoms with Gasteiger partial charge in [-0.15, -0.1) is 0 Å². The van der Waals surface area contributed by atoms with Crippen LogP contribution in [0.2, 0.25) is 5.02 Å². The second-order valence-corrected chi connectivity index (χ2v) is 6.47. The SMILES string of the molecule is CC(C)(C)N(CC(=O)O)C(=O)Nc1ccc(Br)c(Cl)c1. The quantitative estimate of drug-likeness (QED) is 0.857. The van der Waals surface area contributed by atoms with Gasteiger partial charge in [-0.2, -0.15) is 0 Å². The fourth-order valence-corrected chi connectivity index (χ4v) is 1.94. The number of rotatable bonds is 3. The van der Waals surface area contributed by atoms with Crippen LogP contribution < -0.4 is 5.32 Å². The summed E-state index contributed by atoms with van der Waals surface area (Å²) in [7, 11) is 0. The molecule has 0 radical (unpaired) electrons. The normalized spacial score (nSPS) is 11.1. The maximum atomic E-state index is 12.2. The topological polar surface area (TPSA) is 69.6 Å². The molecule has 110 valence electrons. The molecule has 0 aromatic heterocycles. The van der Waals surface area contributed by atoms with Crippen LogP contribution in [-0.2, 0) is 4.79 Å². The van der Waals surface area contributed by atoms with E-state index in [0.29, 0.717) is 10.7 Å². The molecule has 2 amide bonds. The summed E-state index contributed by atoms with van der Waals surface area (Å²) in [6, 6.07) is 4.48. The van der Waals surface area contributed by atoms with E-state index in [4.69, 9.17) is 16.7 Å². The lowest BCUT2D eigenvalue weighted by molar-refractivity contribution is -0.138. The molecule has 1 aromatic rings. The zero-order valence-corrected chi connectivity index (χ0v) is 13.7. The summed E-state index contributed by atoms with van der Waals surface area (Å²) in [5.74, 6) is -1.07. The first-order chi connectivity index (χ1) is 9.11. The van der Waals surface area contributed by atoms with Crippen molar-refractivity contribution >= 4 is 45.2 Å². The maximum absolute atomic E-state index is 12.2. The molecule has 1 aromatic carbocycles. The van der Waals surface area contributed by atoms with Crippen molar-refractivity contribution in [2.75, 3.05) is 11.9 Å². The van der Waals surface area contributed by atoms with Gasteiger partial charge >= 0.3 is 12.0 Å². The van der Waals surface area contributed by atoms with Gasteiger partial charge in [-0.25, -0.2) is 4.79 Å². The van der Waals surface area contributed by atoms with Crippen LogP contribution >= 0.6 is 27.5 Å². The van der Waals surface area contributed by atoms with Gasteiger partial charge in [-0.05, 0) is 54.9 Å². The lowest BCUT2D eigenvalue weighted by Crippen LogP contribution is -2.50. The number of carboxylic acids is 1. The van der Waals surface area contributed by atoms with E-state index in [1.807, 2.05) is 0 Å². The lowest BCUT2D eigenvalue weighted by atomic mass is 10.1. The van der Waals surface area contributed by atoms with Crippen LogP contribution in [0.25, 0.3) is 0 Å². The number of nitrogens with one attached hydrogen (secondary N) is 1. The van der Waals surface area contributed by atoms with Crippen molar-refractivity contribution in [3.8, 4) is 0 Å². The minimum atomic E-state index is -1.07. The zero-order valence-electron chi connectivity index (χ0n) is 11.4. The molecule has 0 fully saturated rings. The Kier molecular flexibility index (Phi) is 5.42. The fourth-order valence-electron chi connectivity index (χ4n) is 1.51. The van der Waals surface area contributed by atoms with Gasteiger partial charge in [0.1, 0.15) is 6.54 Å². The summed E-state index contributed by atoms with van der Waals surface area (Å²) in [6.07, 6.45) is 0. The van der Waals surface area contributed by atoms with Crippen LogP contribution in [0.4, 0.5) is 10.5 Å². The van der Waals surface area contributed by atoms with E-state index >= 15 is 0 Å². The largest absolute Gasteiger partial charge is 0.480 e. The molecule has 5 nitrogen and oxygen atoms in total. The van der Waals surface area contributed by atoms with Crippen LogP contribution in [-0.4, -0.2) is 34.1 Å². The van der Waals surface area contributed by atoms with Crippen molar-refractivity contribution in [2.45, 2.75) is 26.3 Å². The Labute approximate surface area is 131 Å². The molecule has 0 bridgehead atoms. The summed E-state index contributed by atoms with van der Waals surface area (Å²) < 4.78 is 0.718. The molecular weight excluding hydrogens is 348 g/mol. The third kappa shape index (κ3) is 4.68. The van der Waals surface area contributed by atoms with Crippen molar-refractivity contribution in [3.63, 3.8) is 0 Å². The first kappa shape index (κ1) is 16.8. The molecule has 0 atom stereocenters. The molecule has 1 rings (SSSR count). The van der Waals surface area contributed by atoms with E-state index < -0.39 is 17.5 Å². The Morgan fingerprint density at radius 3 is 2.45 bits per heavy atom. The molecule has 0 saturated heterocycles. The van der Waals surface area contributed by atoms with E-state index in [1.165, 1.54) is 4.90 Å². The fraction of sp³-hybridized carbons (Fsp3) is 0.385. The van der Waals surface area contributed by atoms with Gasteiger partial charge in [0.05, 0.1) is 5.02 Å². The number of carboxylic acid groups (broad SMARTS) is 1. The predicted molar refractivity (Wildman–Crippen MR) is 82.3 cm³/mol. The van der Waals surface area contributed by atoms with Crippen molar-refractivity contribution < 1.29 is 14.7 Å². The van der Waals surface area contributed by atoms with Crippen molar-refractivity contribution in [2.24, 2.45) is 0 Å².